The van der Waals surface area contributed by atoms with E-state index in [0.29, 0.717) is 45.5 Å². The lowest BCUT2D eigenvalue weighted by Crippen LogP contribution is -2.57. The zero-order valence-electron chi connectivity index (χ0n) is 14.7. The van der Waals surface area contributed by atoms with E-state index < -0.39 is 0 Å². The smallest absolute Gasteiger partial charge is 0.145 e. The number of rotatable bonds is 5. The highest BCUT2D eigenvalue weighted by molar-refractivity contribution is 6.39. The number of benzene rings is 1. The summed E-state index contributed by atoms with van der Waals surface area (Å²) >= 11 is 12.9. The number of aromatic nitrogens is 1. The van der Waals surface area contributed by atoms with Gasteiger partial charge >= 0.3 is 0 Å². The van der Waals surface area contributed by atoms with E-state index in [-0.39, 0.29) is 17.4 Å². The summed E-state index contributed by atoms with van der Waals surface area (Å²) < 4.78 is 12.2. The van der Waals surface area contributed by atoms with Crippen LogP contribution in [0.4, 0.5) is 0 Å². The molecule has 4 aliphatic carbocycles. The van der Waals surface area contributed by atoms with E-state index in [1.54, 1.807) is 0 Å². The van der Waals surface area contributed by atoms with Gasteiger partial charge in [-0.15, -0.1) is 0 Å². The molecule has 0 radical (unpaired) electrons. The van der Waals surface area contributed by atoms with E-state index in [1.165, 1.54) is 0 Å². The third-order valence-electron chi connectivity index (χ3n) is 7.10. The molecule has 1 aromatic carbocycles. The SMILES string of the molecule is O=C1[C@@H]2CC3[C@H]1C[C@@]3(OCc1c(-c3c(Cl)cccc3Cl)noc1C1CC1)C2. The zero-order chi connectivity index (χ0) is 18.3. The fourth-order valence-corrected chi connectivity index (χ4v) is 6.18. The topological polar surface area (TPSA) is 52.3 Å². The van der Waals surface area contributed by atoms with Gasteiger partial charge in [0.05, 0.1) is 22.3 Å². The van der Waals surface area contributed by atoms with Gasteiger partial charge in [0.2, 0.25) is 0 Å². The van der Waals surface area contributed by atoms with Crippen molar-refractivity contribution in [2.75, 3.05) is 0 Å². The number of ketones is 1. The summed E-state index contributed by atoms with van der Waals surface area (Å²) in [4.78, 5) is 12.1. The second kappa shape index (κ2) is 5.59. The average molecular weight is 404 g/mol. The Labute approximate surface area is 167 Å². The Bertz CT molecular complexity index is 942. The Morgan fingerprint density at radius 2 is 1.96 bits per heavy atom. The lowest BCUT2D eigenvalue weighted by Gasteiger charge is -2.51. The van der Waals surface area contributed by atoms with Crippen molar-refractivity contribution in [1.82, 2.24) is 5.16 Å². The Kier molecular flexibility index (Phi) is 3.43. The largest absolute Gasteiger partial charge is 0.370 e. The van der Waals surface area contributed by atoms with Gasteiger partial charge in [-0.2, -0.15) is 0 Å². The first kappa shape index (κ1) is 16.6. The van der Waals surface area contributed by atoms with Gasteiger partial charge in [0, 0.05) is 28.9 Å². The number of hydrogen-bond acceptors (Lipinski definition) is 4. The molecule has 1 heterocycles. The number of ether oxygens (including phenoxy) is 1. The van der Waals surface area contributed by atoms with Crippen LogP contribution in [-0.4, -0.2) is 16.5 Å². The van der Waals surface area contributed by atoms with Gasteiger partial charge in [-0.1, -0.05) is 34.4 Å². The van der Waals surface area contributed by atoms with Gasteiger partial charge in [0.25, 0.3) is 0 Å². The highest BCUT2D eigenvalue weighted by Gasteiger charge is 2.69. The predicted molar refractivity (Wildman–Crippen MR) is 101 cm³/mol. The molecule has 2 aromatic rings. The van der Waals surface area contributed by atoms with Crippen LogP contribution in [0.1, 0.15) is 49.3 Å². The minimum absolute atomic E-state index is 0.122. The van der Waals surface area contributed by atoms with Crippen LogP contribution in [0.15, 0.2) is 22.7 Å². The molecule has 140 valence electrons. The first-order chi connectivity index (χ1) is 13.1. The lowest BCUT2D eigenvalue weighted by molar-refractivity contribution is -0.187. The molecule has 0 saturated heterocycles. The molecule has 4 nitrogen and oxygen atoms in total. The van der Waals surface area contributed by atoms with Gasteiger partial charge < -0.3 is 9.26 Å². The molecule has 0 amide bonds. The molecule has 1 unspecified atom stereocenters. The second-order valence-corrected chi connectivity index (χ2v) is 9.37. The van der Waals surface area contributed by atoms with E-state index in [2.05, 4.69) is 5.16 Å². The first-order valence-electron chi connectivity index (χ1n) is 9.68. The molecular formula is C21H19Cl2NO3. The molecule has 1 aromatic heterocycles. The monoisotopic (exact) mass is 403 g/mol. The summed E-state index contributed by atoms with van der Waals surface area (Å²) in [5, 5.41) is 5.46. The summed E-state index contributed by atoms with van der Waals surface area (Å²) in [6.07, 6.45) is 4.98. The minimum atomic E-state index is -0.122. The maximum Gasteiger partial charge on any atom is 0.145 e. The number of hydrogen-bond donors (Lipinski definition) is 0. The number of carbonyl (C=O) groups is 1. The molecule has 27 heavy (non-hydrogen) atoms. The van der Waals surface area contributed by atoms with Crippen LogP contribution in [0.2, 0.25) is 10.0 Å². The van der Waals surface area contributed by atoms with Crippen molar-refractivity contribution in [2.45, 2.75) is 50.2 Å². The highest BCUT2D eigenvalue weighted by atomic mass is 35.5. The van der Waals surface area contributed by atoms with Crippen LogP contribution in [0, 0.1) is 17.8 Å². The summed E-state index contributed by atoms with van der Waals surface area (Å²) in [7, 11) is 0. The molecule has 6 rings (SSSR count). The normalized spacial score (nSPS) is 33.6. The van der Waals surface area contributed by atoms with Crippen LogP contribution in [0.3, 0.4) is 0 Å². The van der Waals surface area contributed by atoms with Crippen molar-refractivity contribution in [3.05, 3.63) is 39.6 Å². The van der Waals surface area contributed by atoms with E-state index in [4.69, 9.17) is 32.5 Å². The second-order valence-electron chi connectivity index (χ2n) is 8.55. The molecule has 4 fully saturated rings. The van der Waals surface area contributed by atoms with Crippen LogP contribution >= 0.6 is 23.2 Å². The highest BCUT2D eigenvalue weighted by Crippen LogP contribution is 2.66. The summed E-state index contributed by atoms with van der Waals surface area (Å²) in [6.45, 7) is 0.441. The van der Waals surface area contributed by atoms with E-state index in [0.717, 1.165) is 43.4 Å². The Morgan fingerprint density at radius 3 is 2.59 bits per heavy atom. The third kappa shape index (κ3) is 2.27. The molecule has 6 heteroatoms. The Hall–Kier alpha value is -1.36. The Balaban J connectivity index is 1.34. The molecule has 0 spiro atoms. The number of fused-ring (bicyclic) bond motifs is 1. The van der Waals surface area contributed by atoms with Gasteiger partial charge in [-0.05, 0) is 50.2 Å². The molecular weight excluding hydrogens is 385 g/mol. The minimum Gasteiger partial charge on any atom is -0.370 e. The number of Topliss-reactive ketones (excluding diaryl/α,β-unsaturated/α-hetero) is 1. The average Bonchev–Trinajstić information content (AvgIpc) is 3.27. The van der Waals surface area contributed by atoms with E-state index in [9.17, 15) is 4.79 Å². The van der Waals surface area contributed by atoms with Crippen molar-refractivity contribution in [2.24, 2.45) is 17.8 Å². The third-order valence-corrected chi connectivity index (χ3v) is 7.73. The van der Waals surface area contributed by atoms with E-state index >= 15 is 0 Å². The maximum atomic E-state index is 12.1. The van der Waals surface area contributed by atoms with Crippen molar-refractivity contribution in [3.8, 4) is 11.3 Å². The predicted octanol–water partition coefficient (Wildman–Crippen LogP) is 5.41. The number of halogens is 2. The van der Waals surface area contributed by atoms with Crippen molar-refractivity contribution in [3.63, 3.8) is 0 Å². The molecule has 4 saturated carbocycles. The first-order valence-corrected chi connectivity index (χ1v) is 10.4. The van der Waals surface area contributed by atoms with Crippen LogP contribution in [0.25, 0.3) is 11.3 Å². The van der Waals surface area contributed by atoms with Crippen molar-refractivity contribution in [1.29, 1.82) is 0 Å². The molecule has 0 aliphatic heterocycles. The number of carbonyl (C=O) groups excluding carboxylic acids is 1. The zero-order valence-corrected chi connectivity index (χ0v) is 16.2. The number of nitrogens with zero attached hydrogens (tertiary/aromatic N) is 1. The van der Waals surface area contributed by atoms with Crippen molar-refractivity contribution < 1.29 is 14.1 Å². The van der Waals surface area contributed by atoms with Crippen LogP contribution in [0.5, 0.6) is 0 Å². The Morgan fingerprint density at radius 1 is 1.19 bits per heavy atom. The van der Waals surface area contributed by atoms with Gasteiger partial charge in [-0.3, -0.25) is 4.79 Å². The van der Waals surface area contributed by atoms with Gasteiger partial charge in [-0.25, -0.2) is 0 Å². The van der Waals surface area contributed by atoms with E-state index in [1.807, 2.05) is 18.2 Å². The van der Waals surface area contributed by atoms with Gasteiger partial charge in [0.1, 0.15) is 17.2 Å². The quantitative estimate of drug-likeness (QED) is 0.669. The fourth-order valence-electron chi connectivity index (χ4n) is 5.60. The summed E-state index contributed by atoms with van der Waals surface area (Å²) in [5.41, 5.74) is 2.25. The standard InChI is InChI=1S/C21H19Cl2NO3/c22-15-2-1-3-16(23)17(15)18-13(20(27-24-18)10-4-5-10)9-26-21-7-11-6-14(21)12(8-21)19(11)25/h1-3,10-12,14H,4-9H2/t11-,12-,14?,21+/m1/s1. The van der Waals surface area contributed by atoms with Crippen LogP contribution in [-0.2, 0) is 16.1 Å². The fraction of sp³-hybridized carbons (Fsp3) is 0.524. The molecule has 0 N–H and O–H groups in total. The van der Waals surface area contributed by atoms with Crippen LogP contribution < -0.4 is 0 Å². The lowest BCUT2D eigenvalue weighted by atomic mass is 9.59. The molecule has 4 aliphatic rings. The van der Waals surface area contributed by atoms with Crippen molar-refractivity contribution >= 4 is 29.0 Å². The summed E-state index contributed by atoms with van der Waals surface area (Å²) in [5.74, 6) is 2.67. The molecule has 4 atom stereocenters. The molecule has 2 bridgehead atoms. The maximum absolute atomic E-state index is 12.1. The van der Waals surface area contributed by atoms with Gasteiger partial charge in [0.15, 0.2) is 0 Å². The summed E-state index contributed by atoms with van der Waals surface area (Å²) in [6, 6.07) is 5.46.